The molecule has 0 saturated heterocycles. The molecular weight excluding hydrogens is 441 g/mol. The Hall–Kier alpha value is -1.12. The normalized spacial score (nSPS) is 11.4. The van der Waals surface area contributed by atoms with Gasteiger partial charge in [0.05, 0.1) is 18.1 Å². The summed E-state index contributed by atoms with van der Waals surface area (Å²) in [7, 11) is -3.63. The van der Waals surface area contributed by atoms with Gasteiger partial charge in [0.25, 0.3) is 0 Å². The molecule has 2 rings (SSSR count). The van der Waals surface area contributed by atoms with E-state index >= 15 is 0 Å². The molecule has 0 aromatic heterocycles. The van der Waals surface area contributed by atoms with Gasteiger partial charge in [-0.15, -0.1) is 0 Å². The third kappa shape index (κ3) is 6.74. The predicted octanol–water partition coefficient (Wildman–Crippen LogP) is 5.00. The molecule has 0 unspecified atom stereocenters. The lowest BCUT2D eigenvalue weighted by Gasteiger charge is -2.13. The number of sulfonamides is 1. The van der Waals surface area contributed by atoms with E-state index in [1.807, 2.05) is 19.9 Å². The zero-order valence-corrected chi connectivity index (χ0v) is 18.8. The number of benzene rings is 2. The van der Waals surface area contributed by atoms with E-state index in [1.54, 1.807) is 30.0 Å². The molecule has 2 aromatic carbocycles. The first-order chi connectivity index (χ1) is 13.4. The third-order valence-electron chi connectivity index (χ3n) is 3.64. The van der Waals surface area contributed by atoms with Crippen molar-refractivity contribution in [3.8, 4) is 11.5 Å². The Morgan fingerprint density at radius 2 is 1.71 bits per heavy atom. The summed E-state index contributed by atoms with van der Waals surface area (Å²) in [6.45, 7) is 4.88. The number of nitrogens with one attached hydrogen (secondary N) is 1. The smallest absolute Gasteiger partial charge is 0.240 e. The maximum Gasteiger partial charge on any atom is 0.240 e. The fraction of sp³-hybridized carbons (Fsp3) is 0.368. The average molecular weight is 464 g/mol. The molecule has 0 aliphatic heterocycles. The molecule has 0 amide bonds. The van der Waals surface area contributed by atoms with Crippen molar-refractivity contribution >= 4 is 45.0 Å². The predicted molar refractivity (Wildman–Crippen MR) is 117 cm³/mol. The highest BCUT2D eigenvalue weighted by Gasteiger charge is 2.17. The molecule has 0 spiro atoms. The number of rotatable bonds is 11. The summed E-state index contributed by atoms with van der Waals surface area (Å²) in [6, 6.07) is 9.96. The molecule has 0 aliphatic carbocycles. The van der Waals surface area contributed by atoms with Crippen molar-refractivity contribution in [3.05, 3.63) is 52.0 Å². The van der Waals surface area contributed by atoms with Crippen LogP contribution in [-0.2, 0) is 15.8 Å². The van der Waals surface area contributed by atoms with Crippen LogP contribution in [0.15, 0.2) is 41.3 Å². The number of hydrogen-bond acceptors (Lipinski definition) is 5. The van der Waals surface area contributed by atoms with E-state index in [4.69, 9.17) is 32.7 Å². The summed E-state index contributed by atoms with van der Waals surface area (Å²) >= 11 is 13.6. The van der Waals surface area contributed by atoms with Gasteiger partial charge < -0.3 is 9.47 Å². The van der Waals surface area contributed by atoms with Crippen LogP contribution in [0.5, 0.6) is 11.5 Å². The van der Waals surface area contributed by atoms with Gasteiger partial charge in [-0.05, 0) is 43.7 Å². The lowest BCUT2D eigenvalue weighted by molar-refractivity contribution is 0.287. The maximum atomic E-state index is 12.5. The Labute approximate surface area is 180 Å². The largest absolute Gasteiger partial charge is 0.490 e. The van der Waals surface area contributed by atoms with Crippen LogP contribution in [0.3, 0.4) is 0 Å². The molecule has 0 fully saturated rings. The van der Waals surface area contributed by atoms with Gasteiger partial charge in [0.15, 0.2) is 11.5 Å². The summed E-state index contributed by atoms with van der Waals surface area (Å²) in [5.41, 5.74) is 0.965. The third-order valence-corrected chi connectivity index (χ3v) is 6.69. The van der Waals surface area contributed by atoms with Gasteiger partial charge in [0.2, 0.25) is 10.0 Å². The molecule has 5 nitrogen and oxygen atoms in total. The summed E-state index contributed by atoms with van der Waals surface area (Å²) in [6.07, 6.45) is 0. The first-order valence-corrected chi connectivity index (χ1v) is 12.2. The first kappa shape index (κ1) is 23.2. The van der Waals surface area contributed by atoms with E-state index < -0.39 is 10.0 Å². The van der Waals surface area contributed by atoms with Gasteiger partial charge in [-0.25, -0.2) is 13.1 Å². The molecule has 0 bridgehead atoms. The van der Waals surface area contributed by atoms with E-state index in [-0.39, 0.29) is 4.90 Å². The van der Waals surface area contributed by atoms with Gasteiger partial charge in [-0.2, -0.15) is 11.8 Å². The Balaban J connectivity index is 1.91. The second-order valence-corrected chi connectivity index (χ2v) is 9.38. The zero-order chi connectivity index (χ0) is 20.6. The topological polar surface area (TPSA) is 64.6 Å². The van der Waals surface area contributed by atoms with Crippen LogP contribution in [0.2, 0.25) is 10.0 Å². The number of halogens is 2. The Morgan fingerprint density at radius 1 is 1.00 bits per heavy atom. The quantitative estimate of drug-likeness (QED) is 0.474. The van der Waals surface area contributed by atoms with Crippen LogP contribution in [0.1, 0.15) is 19.4 Å². The van der Waals surface area contributed by atoms with Gasteiger partial charge in [-0.3, -0.25) is 0 Å². The molecule has 2 aromatic rings. The lowest BCUT2D eigenvalue weighted by Crippen LogP contribution is -2.26. The van der Waals surface area contributed by atoms with Gasteiger partial charge in [-0.1, -0.05) is 29.3 Å². The number of hydrogen-bond donors (Lipinski definition) is 1. The molecular formula is C19H23Cl2NO4S2. The van der Waals surface area contributed by atoms with E-state index in [0.717, 1.165) is 5.56 Å². The molecule has 0 heterocycles. The minimum atomic E-state index is -3.63. The van der Waals surface area contributed by atoms with Crippen LogP contribution >= 0.6 is 35.0 Å². The minimum Gasteiger partial charge on any atom is -0.490 e. The van der Waals surface area contributed by atoms with Crippen molar-refractivity contribution in [2.45, 2.75) is 24.5 Å². The van der Waals surface area contributed by atoms with Crippen LogP contribution in [0.4, 0.5) is 0 Å². The molecule has 0 atom stereocenters. The van der Waals surface area contributed by atoms with E-state index in [2.05, 4.69) is 4.72 Å². The second-order valence-electron chi connectivity index (χ2n) is 5.66. The summed E-state index contributed by atoms with van der Waals surface area (Å²) in [5, 5.41) is 1.20. The minimum absolute atomic E-state index is 0.144. The maximum absolute atomic E-state index is 12.5. The first-order valence-electron chi connectivity index (χ1n) is 8.78. The van der Waals surface area contributed by atoms with E-state index in [9.17, 15) is 8.42 Å². The standard InChI is InChI=1S/C19H23Cl2NO4S2/c1-3-25-18-8-7-16(12-19(18)26-4-2)28(23,24)22-9-10-27-13-14-5-6-15(20)11-17(14)21/h5-8,11-12,22H,3-4,9-10,13H2,1-2H3. The molecule has 0 aliphatic rings. The molecule has 0 radical (unpaired) electrons. The van der Waals surface area contributed by atoms with E-state index in [1.165, 1.54) is 12.1 Å². The molecule has 0 saturated carbocycles. The van der Waals surface area contributed by atoms with Crippen molar-refractivity contribution in [3.63, 3.8) is 0 Å². The van der Waals surface area contributed by atoms with Gasteiger partial charge in [0.1, 0.15) is 0 Å². The number of thioether (sulfide) groups is 1. The zero-order valence-electron chi connectivity index (χ0n) is 15.7. The fourth-order valence-electron chi connectivity index (χ4n) is 2.35. The van der Waals surface area contributed by atoms with Crippen LogP contribution in [0.25, 0.3) is 0 Å². The average Bonchev–Trinajstić information content (AvgIpc) is 2.64. The summed E-state index contributed by atoms with van der Waals surface area (Å²) in [5.74, 6) is 2.22. The highest BCUT2D eigenvalue weighted by molar-refractivity contribution is 7.98. The second kappa shape index (κ2) is 11.2. The lowest BCUT2D eigenvalue weighted by atomic mass is 10.2. The number of ether oxygens (including phenoxy) is 2. The summed E-state index contributed by atoms with van der Waals surface area (Å²) in [4.78, 5) is 0.144. The Bertz CT molecular complexity index is 891. The monoisotopic (exact) mass is 463 g/mol. The van der Waals surface area contributed by atoms with Crippen molar-refractivity contribution in [2.24, 2.45) is 0 Å². The molecule has 9 heteroatoms. The van der Waals surface area contributed by atoms with E-state index in [0.29, 0.717) is 52.8 Å². The van der Waals surface area contributed by atoms with Crippen molar-refractivity contribution in [2.75, 3.05) is 25.5 Å². The summed E-state index contributed by atoms with van der Waals surface area (Å²) < 4.78 is 38.6. The van der Waals surface area contributed by atoms with Crippen LogP contribution < -0.4 is 14.2 Å². The van der Waals surface area contributed by atoms with Crippen LogP contribution in [-0.4, -0.2) is 33.9 Å². The van der Waals surface area contributed by atoms with Crippen molar-refractivity contribution < 1.29 is 17.9 Å². The van der Waals surface area contributed by atoms with Crippen LogP contribution in [0, 0.1) is 0 Å². The van der Waals surface area contributed by atoms with Crippen molar-refractivity contribution in [1.82, 2.24) is 4.72 Å². The van der Waals surface area contributed by atoms with Gasteiger partial charge >= 0.3 is 0 Å². The van der Waals surface area contributed by atoms with Gasteiger partial charge in [0, 0.05) is 34.2 Å². The SMILES string of the molecule is CCOc1ccc(S(=O)(=O)NCCSCc2ccc(Cl)cc2Cl)cc1OCC. The Morgan fingerprint density at radius 3 is 2.39 bits per heavy atom. The van der Waals surface area contributed by atoms with Crippen molar-refractivity contribution in [1.29, 1.82) is 0 Å². The fourth-order valence-corrected chi connectivity index (χ4v) is 4.94. The highest BCUT2D eigenvalue weighted by atomic mass is 35.5. The molecule has 1 N–H and O–H groups in total. The molecule has 28 heavy (non-hydrogen) atoms. The highest BCUT2D eigenvalue weighted by Crippen LogP contribution is 2.30. The molecule has 154 valence electrons. The Kier molecular flexibility index (Phi) is 9.24.